The van der Waals surface area contributed by atoms with Gasteiger partial charge in [0.15, 0.2) is 0 Å². The summed E-state index contributed by atoms with van der Waals surface area (Å²) in [7, 11) is -3.50. The summed E-state index contributed by atoms with van der Waals surface area (Å²) in [6.45, 7) is 8.91. The van der Waals surface area contributed by atoms with Gasteiger partial charge in [0, 0.05) is 19.2 Å². The maximum Gasteiger partial charge on any atom is 0.246 e. The third-order valence-electron chi connectivity index (χ3n) is 3.71. The van der Waals surface area contributed by atoms with Crippen LogP contribution in [0.2, 0.25) is 0 Å². The highest BCUT2D eigenvalue weighted by molar-refractivity contribution is 7.89. The van der Waals surface area contributed by atoms with Gasteiger partial charge < -0.3 is 10.2 Å². The molecule has 0 bridgehead atoms. The minimum Gasteiger partial charge on any atom is -0.464 e. The average Bonchev–Trinajstić information content (AvgIpc) is 2.82. The van der Waals surface area contributed by atoms with Gasteiger partial charge in [-0.25, -0.2) is 8.42 Å². The van der Waals surface area contributed by atoms with Crippen LogP contribution in [0.25, 0.3) is 0 Å². The summed E-state index contributed by atoms with van der Waals surface area (Å²) in [5.74, 6) is 1.29. The van der Waals surface area contributed by atoms with Crippen LogP contribution in [0.3, 0.4) is 0 Å². The maximum atomic E-state index is 12.7. The molecule has 0 aliphatic carbocycles. The Morgan fingerprint density at radius 1 is 1.30 bits per heavy atom. The molecule has 1 aromatic rings. The fourth-order valence-electron chi connectivity index (χ4n) is 2.25. The predicted octanol–water partition coefficient (Wildman–Crippen LogP) is 2.49. The van der Waals surface area contributed by atoms with Gasteiger partial charge in [-0.3, -0.25) is 0 Å². The molecule has 2 N–H and O–H groups in total. The van der Waals surface area contributed by atoms with Crippen LogP contribution < -0.4 is 5.73 Å². The third kappa shape index (κ3) is 3.62. The molecular weight excluding hydrogens is 276 g/mol. The second-order valence-electron chi connectivity index (χ2n) is 4.98. The van der Waals surface area contributed by atoms with Crippen molar-refractivity contribution in [3.05, 3.63) is 17.6 Å². The van der Waals surface area contributed by atoms with Gasteiger partial charge in [0.25, 0.3) is 0 Å². The monoisotopic (exact) mass is 302 g/mol. The van der Waals surface area contributed by atoms with Gasteiger partial charge in [-0.1, -0.05) is 33.6 Å². The van der Waals surface area contributed by atoms with Crippen LogP contribution >= 0.6 is 0 Å². The molecule has 0 unspecified atom stereocenters. The lowest BCUT2D eigenvalue weighted by atomic mass is 10.0. The topological polar surface area (TPSA) is 76.5 Å². The number of furan rings is 1. The number of rotatable bonds is 8. The van der Waals surface area contributed by atoms with E-state index in [2.05, 4.69) is 13.8 Å². The lowest BCUT2D eigenvalue weighted by Crippen LogP contribution is -2.35. The third-order valence-corrected chi connectivity index (χ3v) is 5.76. The minimum atomic E-state index is -3.50. The van der Waals surface area contributed by atoms with E-state index < -0.39 is 10.0 Å². The zero-order chi connectivity index (χ0) is 15.3. The van der Waals surface area contributed by atoms with Gasteiger partial charge >= 0.3 is 0 Å². The number of nitrogens with zero attached hydrogens (tertiary/aromatic N) is 1. The summed E-state index contributed by atoms with van der Waals surface area (Å²) < 4.78 is 32.3. The van der Waals surface area contributed by atoms with Crippen LogP contribution in [0.15, 0.2) is 15.4 Å². The first kappa shape index (κ1) is 17.2. The molecule has 0 amide bonds. The Morgan fingerprint density at radius 2 is 1.90 bits per heavy atom. The Kier molecular flexibility index (Phi) is 6.23. The van der Waals surface area contributed by atoms with Gasteiger partial charge in [-0.15, -0.1) is 0 Å². The van der Waals surface area contributed by atoms with Gasteiger partial charge in [-0.05, 0) is 12.8 Å². The summed E-state index contributed by atoms with van der Waals surface area (Å²) in [6, 6.07) is 1.54. The average molecular weight is 302 g/mol. The highest BCUT2D eigenvalue weighted by Crippen LogP contribution is 2.25. The predicted molar refractivity (Wildman–Crippen MR) is 79.8 cm³/mol. The van der Waals surface area contributed by atoms with Gasteiger partial charge in [0.2, 0.25) is 10.0 Å². The molecule has 0 fully saturated rings. The molecule has 6 heteroatoms. The van der Waals surface area contributed by atoms with Crippen molar-refractivity contribution < 1.29 is 12.8 Å². The highest BCUT2D eigenvalue weighted by atomic mass is 32.2. The van der Waals surface area contributed by atoms with E-state index in [9.17, 15) is 8.42 Å². The Hall–Kier alpha value is -0.850. The molecule has 1 heterocycles. The zero-order valence-electron chi connectivity index (χ0n) is 12.8. The smallest absolute Gasteiger partial charge is 0.246 e. The van der Waals surface area contributed by atoms with Crippen molar-refractivity contribution in [1.29, 1.82) is 0 Å². The lowest BCUT2D eigenvalue weighted by molar-refractivity contribution is 0.338. The Labute approximate surface area is 122 Å². The van der Waals surface area contributed by atoms with E-state index in [1.54, 1.807) is 13.0 Å². The van der Waals surface area contributed by atoms with E-state index >= 15 is 0 Å². The molecule has 116 valence electrons. The molecule has 0 aromatic carbocycles. The first-order chi connectivity index (χ1) is 9.40. The van der Waals surface area contributed by atoms with E-state index in [4.69, 9.17) is 10.2 Å². The molecule has 20 heavy (non-hydrogen) atoms. The van der Waals surface area contributed by atoms with Crippen LogP contribution in [0.5, 0.6) is 0 Å². The maximum absolute atomic E-state index is 12.7. The highest BCUT2D eigenvalue weighted by Gasteiger charge is 2.28. The zero-order valence-corrected chi connectivity index (χ0v) is 13.7. The van der Waals surface area contributed by atoms with E-state index in [1.807, 2.05) is 6.92 Å². The first-order valence-corrected chi connectivity index (χ1v) is 8.64. The number of nitrogens with two attached hydrogens (primary N) is 1. The van der Waals surface area contributed by atoms with E-state index in [-0.39, 0.29) is 11.4 Å². The van der Waals surface area contributed by atoms with Crippen LogP contribution in [0.4, 0.5) is 0 Å². The second-order valence-corrected chi connectivity index (χ2v) is 6.88. The number of sulfonamides is 1. The lowest BCUT2D eigenvalue weighted by Gasteiger charge is -2.24. The Bertz CT molecular complexity index is 519. The SMILES string of the molecule is CCC(CC)CN(CC)S(=O)(=O)c1cc(CN)oc1C. The van der Waals surface area contributed by atoms with E-state index in [0.29, 0.717) is 30.5 Å². The van der Waals surface area contributed by atoms with Crippen LogP contribution in [-0.2, 0) is 16.6 Å². The van der Waals surface area contributed by atoms with Crippen molar-refractivity contribution in [2.45, 2.75) is 52.0 Å². The molecule has 1 rings (SSSR count). The molecule has 1 aromatic heterocycles. The quantitative estimate of drug-likeness (QED) is 0.800. The van der Waals surface area contributed by atoms with Crippen molar-refractivity contribution in [2.24, 2.45) is 11.7 Å². The Balaban J connectivity index is 3.08. The van der Waals surface area contributed by atoms with Crippen LogP contribution in [-0.4, -0.2) is 25.8 Å². The molecule has 0 aliphatic rings. The van der Waals surface area contributed by atoms with Crippen molar-refractivity contribution in [2.75, 3.05) is 13.1 Å². The van der Waals surface area contributed by atoms with Gasteiger partial charge in [0.1, 0.15) is 16.4 Å². The number of hydrogen-bond donors (Lipinski definition) is 1. The molecule has 0 aliphatic heterocycles. The van der Waals surface area contributed by atoms with Crippen molar-refractivity contribution in [3.63, 3.8) is 0 Å². The van der Waals surface area contributed by atoms with E-state index in [1.165, 1.54) is 4.31 Å². The fraction of sp³-hybridized carbons (Fsp3) is 0.714. The summed E-state index contributed by atoms with van der Waals surface area (Å²) in [5, 5.41) is 0. The van der Waals surface area contributed by atoms with Crippen LogP contribution in [0.1, 0.15) is 45.1 Å². The normalized spacial score (nSPS) is 12.6. The van der Waals surface area contributed by atoms with Crippen molar-refractivity contribution >= 4 is 10.0 Å². The van der Waals surface area contributed by atoms with Crippen molar-refractivity contribution in [1.82, 2.24) is 4.31 Å². The summed E-state index contributed by atoms with van der Waals surface area (Å²) in [5.41, 5.74) is 5.51. The molecule has 0 saturated carbocycles. The van der Waals surface area contributed by atoms with Gasteiger partial charge in [-0.2, -0.15) is 4.31 Å². The molecule has 0 atom stereocenters. The largest absolute Gasteiger partial charge is 0.464 e. The summed E-state index contributed by atoms with van der Waals surface area (Å²) in [6.07, 6.45) is 1.95. The molecule has 0 saturated heterocycles. The Morgan fingerprint density at radius 3 is 2.30 bits per heavy atom. The van der Waals surface area contributed by atoms with E-state index in [0.717, 1.165) is 12.8 Å². The number of aryl methyl sites for hydroxylation is 1. The second kappa shape index (κ2) is 7.24. The van der Waals surface area contributed by atoms with Gasteiger partial charge in [0.05, 0.1) is 6.54 Å². The minimum absolute atomic E-state index is 0.203. The summed E-state index contributed by atoms with van der Waals surface area (Å²) >= 11 is 0. The first-order valence-electron chi connectivity index (χ1n) is 7.20. The van der Waals surface area contributed by atoms with Crippen molar-refractivity contribution in [3.8, 4) is 0 Å². The van der Waals surface area contributed by atoms with Crippen LogP contribution in [0, 0.1) is 12.8 Å². The number of hydrogen-bond acceptors (Lipinski definition) is 4. The summed E-state index contributed by atoms with van der Waals surface area (Å²) in [4.78, 5) is 0.241. The molecule has 0 radical (unpaired) electrons. The molecule has 5 nitrogen and oxygen atoms in total. The molecule has 0 spiro atoms. The standard InChI is InChI=1S/C14H26N2O3S/c1-5-12(6-2)10-16(7-3)20(17,18)14-8-13(9-15)19-11(14)4/h8,12H,5-7,9-10,15H2,1-4H3. The fourth-order valence-corrected chi connectivity index (χ4v) is 3.96. The molecular formula is C14H26N2O3S.